The van der Waals surface area contributed by atoms with E-state index in [1.54, 1.807) is 36.2 Å². The van der Waals surface area contributed by atoms with Crippen LogP contribution in [0.25, 0.3) is 11.0 Å². The van der Waals surface area contributed by atoms with Crippen LogP contribution in [0.15, 0.2) is 83.3 Å². The van der Waals surface area contributed by atoms with Crippen LogP contribution in [0.5, 0.6) is 0 Å². The maximum atomic E-state index is 13.1. The van der Waals surface area contributed by atoms with Gasteiger partial charge in [0.15, 0.2) is 0 Å². The zero-order chi connectivity index (χ0) is 22.0. The van der Waals surface area contributed by atoms with Gasteiger partial charge in [-0.3, -0.25) is 9.59 Å². The molecule has 0 fully saturated rings. The molecule has 0 saturated heterocycles. The Hall–Kier alpha value is -3.93. The van der Waals surface area contributed by atoms with Crippen LogP contribution in [0.2, 0.25) is 0 Å². The Morgan fingerprint density at radius 2 is 1.68 bits per heavy atom. The second-order valence-electron chi connectivity index (χ2n) is 7.32. The molecule has 1 aromatic heterocycles. The Labute approximate surface area is 179 Å². The van der Waals surface area contributed by atoms with Gasteiger partial charge in [-0.15, -0.1) is 0 Å². The normalized spacial score (nSPS) is 11.8. The molecule has 156 valence electrons. The van der Waals surface area contributed by atoms with Gasteiger partial charge in [0.2, 0.25) is 0 Å². The number of amides is 2. The first-order valence-electron chi connectivity index (χ1n) is 9.85. The Morgan fingerprint density at radius 1 is 0.935 bits per heavy atom. The zero-order valence-corrected chi connectivity index (χ0v) is 17.1. The van der Waals surface area contributed by atoms with Crippen molar-refractivity contribution in [3.05, 3.63) is 102 Å². The monoisotopic (exact) mass is 416 g/mol. The highest BCUT2D eigenvalue weighted by Crippen LogP contribution is 2.28. The fourth-order valence-electron chi connectivity index (χ4n) is 3.31. The highest BCUT2D eigenvalue weighted by Gasteiger charge is 2.22. The number of rotatable bonds is 5. The minimum absolute atomic E-state index is 0.203. The topological polar surface area (TPSA) is 62.6 Å². The third-order valence-corrected chi connectivity index (χ3v) is 5.23. The lowest BCUT2D eigenvalue weighted by Gasteiger charge is -2.23. The Bertz CT molecular complexity index is 1210. The van der Waals surface area contributed by atoms with Gasteiger partial charge in [0.25, 0.3) is 11.8 Å². The number of halogens is 1. The van der Waals surface area contributed by atoms with Crippen molar-refractivity contribution in [2.24, 2.45) is 0 Å². The van der Waals surface area contributed by atoms with Crippen LogP contribution >= 0.6 is 0 Å². The summed E-state index contributed by atoms with van der Waals surface area (Å²) in [4.78, 5) is 27.0. The number of nitrogens with zero attached hydrogens (tertiary/aromatic N) is 1. The van der Waals surface area contributed by atoms with E-state index < -0.39 is 5.82 Å². The van der Waals surface area contributed by atoms with Gasteiger partial charge < -0.3 is 14.6 Å². The van der Waals surface area contributed by atoms with E-state index in [-0.39, 0.29) is 17.9 Å². The van der Waals surface area contributed by atoms with Gasteiger partial charge in [-0.2, -0.15) is 0 Å². The summed E-state index contributed by atoms with van der Waals surface area (Å²) in [5, 5.41) is 3.72. The van der Waals surface area contributed by atoms with Crippen molar-refractivity contribution in [3.8, 4) is 0 Å². The van der Waals surface area contributed by atoms with E-state index in [0.29, 0.717) is 22.6 Å². The van der Waals surface area contributed by atoms with E-state index in [4.69, 9.17) is 4.42 Å². The average Bonchev–Trinajstić information content (AvgIpc) is 3.22. The number of carbonyl (C=O) groups is 2. The summed E-state index contributed by atoms with van der Waals surface area (Å²) in [6.45, 7) is 1.90. The van der Waals surface area contributed by atoms with Gasteiger partial charge in [0.05, 0.1) is 6.04 Å². The van der Waals surface area contributed by atoms with Crippen molar-refractivity contribution in [3.63, 3.8) is 0 Å². The maximum Gasteiger partial charge on any atom is 0.255 e. The summed E-state index contributed by atoms with van der Waals surface area (Å²) < 4.78 is 19.0. The first-order chi connectivity index (χ1) is 14.9. The quantitative estimate of drug-likeness (QED) is 0.457. The molecule has 0 aliphatic heterocycles. The molecule has 31 heavy (non-hydrogen) atoms. The minimum Gasteiger partial charge on any atom is -0.459 e. The third kappa shape index (κ3) is 4.33. The summed E-state index contributed by atoms with van der Waals surface area (Å²) in [5.41, 5.74) is 2.01. The molecule has 0 spiro atoms. The van der Waals surface area contributed by atoms with Crippen LogP contribution in [0.1, 0.15) is 39.4 Å². The molecule has 0 aliphatic carbocycles. The smallest absolute Gasteiger partial charge is 0.255 e. The molecule has 3 aromatic carbocycles. The molecule has 0 saturated carbocycles. The summed E-state index contributed by atoms with van der Waals surface area (Å²) in [5.74, 6) is -0.303. The van der Waals surface area contributed by atoms with Gasteiger partial charge in [0, 0.05) is 29.2 Å². The Balaban J connectivity index is 1.50. The molecule has 0 radical (unpaired) electrons. The fraction of sp³-hybridized carbons (Fsp3) is 0.120. The SMILES string of the molecule is CC(c1cc2ccccc2o1)N(C)C(=O)c1cccc(NC(=O)c2ccc(F)cc2)c1. The maximum absolute atomic E-state index is 13.1. The van der Waals surface area contributed by atoms with Crippen LogP contribution in [0.4, 0.5) is 10.1 Å². The summed E-state index contributed by atoms with van der Waals surface area (Å²) in [6.07, 6.45) is 0. The predicted octanol–water partition coefficient (Wildman–Crippen LogP) is 5.66. The van der Waals surface area contributed by atoms with Crippen molar-refractivity contribution >= 4 is 28.5 Å². The second-order valence-corrected chi connectivity index (χ2v) is 7.32. The van der Waals surface area contributed by atoms with E-state index in [2.05, 4.69) is 5.32 Å². The van der Waals surface area contributed by atoms with E-state index in [0.717, 1.165) is 11.0 Å². The van der Waals surface area contributed by atoms with Gasteiger partial charge in [-0.05, 0) is 61.5 Å². The number of nitrogens with one attached hydrogen (secondary N) is 1. The lowest BCUT2D eigenvalue weighted by molar-refractivity contribution is 0.0727. The van der Waals surface area contributed by atoms with Crippen molar-refractivity contribution in [1.29, 1.82) is 0 Å². The molecule has 2 amide bonds. The van der Waals surface area contributed by atoms with E-state index >= 15 is 0 Å². The van der Waals surface area contributed by atoms with Crippen molar-refractivity contribution in [1.82, 2.24) is 4.90 Å². The van der Waals surface area contributed by atoms with Crippen molar-refractivity contribution in [2.45, 2.75) is 13.0 Å². The summed E-state index contributed by atoms with van der Waals surface area (Å²) >= 11 is 0. The van der Waals surface area contributed by atoms with Crippen LogP contribution in [0, 0.1) is 5.82 Å². The van der Waals surface area contributed by atoms with Crippen LogP contribution in [-0.4, -0.2) is 23.8 Å². The number of hydrogen-bond donors (Lipinski definition) is 1. The van der Waals surface area contributed by atoms with Gasteiger partial charge in [-0.1, -0.05) is 24.3 Å². The van der Waals surface area contributed by atoms with Crippen molar-refractivity contribution in [2.75, 3.05) is 12.4 Å². The number of fused-ring (bicyclic) bond motifs is 1. The number of para-hydroxylation sites is 1. The molecule has 0 bridgehead atoms. The molecular weight excluding hydrogens is 395 g/mol. The Morgan fingerprint density at radius 3 is 2.42 bits per heavy atom. The standard InChI is InChI=1S/C25H21FN2O3/c1-16(23-15-18-6-3-4-9-22(18)31-23)28(2)25(30)19-7-5-8-21(14-19)27-24(29)17-10-12-20(26)13-11-17/h3-16H,1-2H3,(H,27,29). The molecule has 5 nitrogen and oxygen atoms in total. The van der Waals surface area contributed by atoms with Crippen LogP contribution < -0.4 is 5.32 Å². The van der Waals surface area contributed by atoms with Crippen LogP contribution in [0.3, 0.4) is 0 Å². The molecular formula is C25H21FN2O3. The number of furan rings is 1. The van der Waals surface area contributed by atoms with Gasteiger partial charge in [-0.25, -0.2) is 4.39 Å². The van der Waals surface area contributed by atoms with Crippen molar-refractivity contribution < 1.29 is 18.4 Å². The van der Waals surface area contributed by atoms with Gasteiger partial charge in [0.1, 0.15) is 17.2 Å². The zero-order valence-electron chi connectivity index (χ0n) is 17.1. The number of carbonyl (C=O) groups excluding carboxylic acids is 2. The number of benzene rings is 3. The highest BCUT2D eigenvalue weighted by atomic mass is 19.1. The minimum atomic E-state index is -0.411. The average molecular weight is 416 g/mol. The van der Waals surface area contributed by atoms with E-state index in [1.807, 2.05) is 37.3 Å². The molecule has 1 atom stereocenters. The number of hydrogen-bond acceptors (Lipinski definition) is 3. The largest absolute Gasteiger partial charge is 0.459 e. The molecule has 1 heterocycles. The lowest BCUT2D eigenvalue weighted by atomic mass is 10.1. The second kappa shape index (κ2) is 8.44. The lowest BCUT2D eigenvalue weighted by Crippen LogP contribution is -2.29. The number of anilines is 1. The molecule has 0 aliphatic rings. The third-order valence-electron chi connectivity index (χ3n) is 5.23. The molecule has 6 heteroatoms. The van der Waals surface area contributed by atoms with Crippen LogP contribution in [-0.2, 0) is 0 Å². The first kappa shape index (κ1) is 20.3. The predicted molar refractivity (Wildman–Crippen MR) is 118 cm³/mol. The molecule has 4 rings (SSSR count). The Kier molecular flexibility index (Phi) is 5.54. The summed E-state index contributed by atoms with van der Waals surface area (Å²) in [7, 11) is 1.71. The van der Waals surface area contributed by atoms with E-state index in [1.165, 1.54) is 24.3 Å². The molecule has 1 unspecified atom stereocenters. The molecule has 1 N–H and O–H groups in total. The molecule has 4 aromatic rings. The summed E-state index contributed by atoms with van der Waals surface area (Å²) in [6, 6.07) is 21.3. The highest BCUT2D eigenvalue weighted by molar-refractivity contribution is 6.05. The van der Waals surface area contributed by atoms with Gasteiger partial charge >= 0.3 is 0 Å². The van der Waals surface area contributed by atoms with E-state index in [9.17, 15) is 14.0 Å². The first-order valence-corrected chi connectivity index (χ1v) is 9.85. The fourth-order valence-corrected chi connectivity index (χ4v) is 3.31.